The molecule has 0 unspecified atom stereocenters. The van der Waals surface area contributed by atoms with Crippen LogP contribution in [0.4, 0.5) is 0 Å². The highest BCUT2D eigenvalue weighted by atomic mass is 35.5. The average molecular weight is 471 g/mol. The summed E-state index contributed by atoms with van der Waals surface area (Å²) in [5, 5.41) is 0.634. The number of aromatic nitrogens is 1. The van der Waals surface area contributed by atoms with E-state index in [-0.39, 0.29) is 5.78 Å². The van der Waals surface area contributed by atoms with Crippen molar-refractivity contribution in [3.8, 4) is 22.6 Å². The number of para-hydroxylation sites is 1. The highest BCUT2D eigenvalue weighted by molar-refractivity contribution is 6.30. The SMILES string of the molecule is COc1ccc(C(=O)[C@@H]2[C@@H](c3ccccc3OC)N=Cc3cccn32)c(-c2ccc(Cl)cc2)c1. The Morgan fingerprint density at radius 2 is 1.74 bits per heavy atom. The zero-order chi connectivity index (χ0) is 23.7. The second kappa shape index (κ2) is 9.20. The van der Waals surface area contributed by atoms with Gasteiger partial charge in [0.1, 0.15) is 23.6 Å². The van der Waals surface area contributed by atoms with Gasteiger partial charge in [-0.25, -0.2) is 0 Å². The van der Waals surface area contributed by atoms with Crippen molar-refractivity contribution in [3.63, 3.8) is 0 Å². The van der Waals surface area contributed by atoms with E-state index in [2.05, 4.69) is 0 Å². The normalized spacial score (nSPS) is 16.7. The van der Waals surface area contributed by atoms with Gasteiger partial charge in [0.15, 0.2) is 5.78 Å². The molecule has 0 fully saturated rings. The molecule has 5 nitrogen and oxygen atoms in total. The molecule has 6 heteroatoms. The lowest BCUT2D eigenvalue weighted by molar-refractivity contribution is 0.0905. The number of aliphatic imine (C=N–C) groups is 1. The summed E-state index contributed by atoms with van der Waals surface area (Å²) < 4.78 is 13.1. The third-order valence-corrected chi connectivity index (χ3v) is 6.40. The van der Waals surface area contributed by atoms with Crippen molar-refractivity contribution in [2.75, 3.05) is 14.2 Å². The Morgan fingerprint density at radius 3 is 2.50 bits per heavy atom. The average Bonchev–Trinajstić information content (AvgIpc) is 3.37. The Morgan fingerprint density at radius 1 is 0.941 bits per heavy atom. The lowest BCUT2D eigenvalue weighted by Crippen LogP contribution is -2.30. The third-order valence-electron chi connectivity index (χ3n) is 6.15. The summed E-state index contributed by atoms with van der Waals surface area (Å²) in [5.41, 5.74) is 3.99. The van der Waals surface area contributed by atoms with E-state index in [1.54, 1.807) is 14.2 Å². The van der Waals surface area contributed by atoms with Crippen molar-refractivity contribution in [3.05, 3.63) is 107 Å². The number of hydrogen-bond acceptors (Lipinski definition) is 4. The molecule has 1 aliphatic heterocycles. The number of halogens is 1. The molecule has 0 bridgehead atoms. The zero-order valence-electron chi connectivity index (χ0n) is 18.8. The molecule has 0 aliphatic carbocycles. The molecule has 0 radical (unpaired) electrons. The van der Waals surface area contributed by atoms with Gasteiger partial charge < -0.3 is 14.0 Å². The molecule has 5 rings (SSSR count). The van der Waals surface area contributed by atoms with Crippen LogP contribution in [0.25, 0.3) is 11.1 Å². The summed E-state index contributed by atoms with van der Waals surface area (Å²) in [7, 11) is 3.24. The van der Waals surface area contributed by atoms with E-state index in [0.717, 1.165) is 22.4 Å². The molecule has 1 aliphatic rings. The van der Waals surface area contributed by atoms with Gasteiger partial charge in [-0.05, 0) is 59.7 Å². The minimum Gasteiger partial charge on any atom is -0.497 e. The molecular weight excluding hydrogens is 448 g/mol. The molecule has 4 aromatic rings. The lowest BCUT2D eigenvalue weighted by Gasteiger charge is -2.30. The van der Waals surface area contributed by atoms with Crippen LogP contribution in [0.15, 0.2) is 90.1 Å². The van der Waals surface area contributed by atoms with Gasteiger partial charge in [-0.1, -0.05) is 41.9 Å². The van der Waals surface area contributed by atoms with Gasteiger partial charge in [0, 0.05) is 28.6 Å². The largest absolute Gasteiger partial charge is 0.497 e. The van der Waals surface area contributed by atoms with Gasteiger partial charge in [0.05, 0.1) is 19.9 Å². The van der Waals surface area contributed by atoms with E-state index in [1.807, 2.05) is 95.8 Å². The quantitative estimate of drug-likeness (QED) is 0.305. The Bertz CT molecular complexity index is 1370. The van der Waals surface area contributed by atoms with Gasteiger partial charge in [-0.15, -0.1) is 0 Å². The Balaban J connectivity index is 1.67. The summed E-state index contributed by atoms with van der Waals surface area (Å²) in [6.07, 6.45) is 3.74. The fourth-order valence-corrected chi connectivity index (χ4v) is 4.61. The summed E-state index contributed by atoms with van der Waals surface area (Å²) in [6, 6.07) is 23.5. The number of carbonyl (C=O) groups is 1. The number of fused-ring (bicyclic) bond motifs is 1. The Labute approximate surface area is 203 Å². The van der Waals surface area contributed by atoms with Crippen LogP contribution in [0.1, 0.15) is 33.7 Å². The molecular formula is C28H23ClN2O3. The molecule has 0 N–H and O–H groups in total. The third kappa shape index (κ3) is 3.88. The van der Waals surface area contributed by atoms with Crippen molar-refractivity contribution < 1.29 is 14.3 Å². The Kier molecular flexibility index (Phi) is 5.95. The predicted molar refractivity (Wildman–Crippen MR) is 135 cm³/mol. The number of methoxy groups -OCH3 is 2. The van der Waals surface area contributed by atoms with Gasteiger partial charge >= 0.3 is 0 Å². The molecule has 2 atom stereocenters. The molecule has 2 heterocycles. The highest BCUT2D eigenvalue weighted by Crippen LogP contribution is 2.42. The van der Waals surface area contributed by atoms with Crippen LogP contribution in [0.5, 0.6) is 11.5 Å². The van der Waals surface area contributed by atoms with Crippen LogP contribution in [0.3, 0.4) is 0 Å². The van der Waals surface area contributed by atoms with Crippen molar-refractivity contribution in [1.82, 2.24) is 4.57 Å². The van der Waals surface area contributed by atoms with Crippen molar-refractivity contribution in [2.24, 2.45) is 4.99 Å². The van der Waals surface area contributed by atoms with Crippen molar-refractivity contribution in [2.45, 2.75) is 12.1 Å². The molecule has 0 amide bonds. The first-order valence-corrected chi connectivity index (χ1v) is 11.3. The Hall–Kier alpha value is -3.83. The number of rotatable bonds is 6. The molecule has 0 saturated carbocycles. The van der Waals surface area contributed by atoms with Crippen molar-refractivity contribution in [1.29, 1.82) is 0 Å². The van der Waals surface area contributed by atoms with Gasteiger partial charge in [0.2, 0.25) is 0 Å². The van der Waals surface area contributed by atoms with E-state index >= 15 is 0 Å². The van der Waals surface area contributed by atoms with E-state index < -0.39 is 12.1 Å². The summed E-state index contributed by atoms with van der Waals surface area (Å²) in [5.74, 6) is 1.33. The van der Waals surface area contributed by atoms with Crippen LogP contribution in [0.2, 0.25) is 5.02 Å². The van der Waals surface area contributed by atoms with Gasteiger partial charge in [0.25, 0.3) is 0 Å². The number of Topliss-reactive ketones (excluding diaryl/α,β-unsaturated/α-hetero) is 1. The molecule has 3 aromatic carbocycles. The van der Waals surface area contributed by atoms with Crippen LogP contribution in [0, 0.1) is 0 Å². The van der Waals surface area contributed by atoms with Crippen molar-refractivity contribution >= 4 is 23.6 Å². The summed E-state index contributed by atoms with van der Waals surface area (Å²) in [6.45, 7) is 0. The van der Waals surface area contributed by atoms with Crippen LogP contribution in [-0.2, 0) is 0 Å². The van der Waals surface area contributed by atoms with Crippen LogP contribution >= 0.6 is 11.6 Å². The monoisotopic (exact) mass is 470 g/mol. The minimum atomic E-state index is -0.578. The zero-order valence-corrected chi connectivity index (χ0v) is 19.6. The number of nitrogens with zero attached hydrogens (tertiary/aromatic N) is 2. The van der Waals surface area contributed by atoms with Crippen LogP contribution < -0.4 is 9.47 Å². The van der Waals surface area contributed by atoms with Gasteiger partial charge in [-0.3, -0.25) is 9.79 Å². The summed E-state index contributed by atoms with van der Waals surface area (Å²) >= 11 is 6.12. The van der Waals surface area contributed by atoms with E-state index in [9.17, 15) is 4.79 Å². The molecule has 0 saturated heterocycles. The minimum absolute atomic E-state index is 0.0437. The molecule has 34 heavy (non-hydrogen) atoms. The molecule has 1 aromatic heterocycles. The molecule has 170 valence electrons. The standard InChI is InChI=1S/C28H23ClN2O3/c1-33-21-13-14-22(24(16-21)18-9-11-19(29)12-10-18)28(32)27-26(23-7-3-4-8-25(23)34-2)30-17-20-6-5-15-31(20)27/h3-17,26-27H,1-2H3/t26-,27+/m1/s1. The number of carbonyl (C=O) groups excluding carboxylic acids is 1. The van der Waals surface area contributed by atoms with Crippen LogP contribution in [-0.4, -0.2) is 30.8 Å². The fourth-order valence-electron chi connectivity index (χ4n) is 4.48. The number of hydrogen-bond donors (Lipinski definition) is 0. The molecule has 0 spiro atoms. The highest BCUT2D eigenvalue weighted by Gasteiger charge is 2.37. The van der Waals surface area contributed by atoms with E-state index in [0.29, 0.717) is 22.1 Å². The first-order valence-electron chi connectivity index (χ1n) is 10.9. The van der Waals surface area contributed by atoms with Gasteiger partial charge in [-0.2, -0.15) is 0 Å². The smallest absolute Gasteiger partial charge is 0.188 e. The summed E-state index contributed by atoms with van der Waals surface area (Å²) in [4.78, 5) is 19.1. The lowest BCUT2D eigenvalue weighted by atomic mass is 9.87. The first kappa shape index (κ1) is 22.0. The van der Waals surface area contributed by atoms with E-state index in [1.165, 1.54) is 0 Å². The topological polar surface area (TPSA) is 52.8 Å². The second-order valence-electron chi connectivity index (χ2n) is 8.03. The maximum atomic E-state index is 14.3. The second-order valence-corrected chi connectivity index (χ2v) is 8.47. The maximum Gasteiger partial charge on any atom is 0.188 e. The fraction of sp³-hybridized carbons (Fsp3) is 0.143. The number of ether oxygens (including phenoxy) is 2. The number of ketones is 1. The number of benzene rings is 3. The first-order chi connectivity index (χ1) is 16.6. The maximum absolute atomic E-state index is 14.3. The predicted octanol–water partition coefficient (Wildman–Crippen LogP) is 6.42. The van der Waals surface area contributed by atoms with E-state index in [4.69, 9.17) is 26.1 Å².